The van der Waals surface area contributed by atoms with Gasteiger partial charge in [0.15, 0.2) is 9.84 Å². The van der Waals surface area contributed by atoms with Crippen molar-refractivity contribution >= 4 is 9.84 Å². The highest BCUT2D eigenvalue weighted by atomic mass is 32.2. The minimum atomic E-state index is -3.06. The number of aliphatic hydroxyl groups is 1. The van der Waals surface area contributed by atoms with Gasteiger partial charge in [0.05, 0.1) is 5.75 Å². The number of nitrogens with zero attached hydrogens (tertiary/aromatic N) is 1. The Morgan fingerprint density at radius 3 is 2.80 bits per heavy atom. The molecular formula is C9H13NO4S. The van der Waals surface area contributed by atoms with Crippen LogP contribution < -0.4 is 0 Å². The topological polar surface area (TPSA) is 80.4 Å². The fourth-order valence-electron chi connectivity index (χ4n) is 1.93. The number of hydrogen-bond donors (Lipinski definition) is 1. The van der Waals surface area contributed by atoms with Crippen molar-refractivity contribution in [2.45, 2.75) is 31.6 Å². The van der Waals surface area contributed by atoms with Crippen molar-refractivity contribution < 1.29 is 17.9 Å². The SMILES string of the molecule is Cc1oc(CO)nc1C1CCCS1(=O)=O. The van der Waals surface area contributed by atoms with E-state index in [-0.39, 0.29) is 18.3 Å². The zero-order valence-electron chi connectivity index (χ0n) is 8.43. The number of aromatic nitrogens is 1. The molecule has 1 saturated heterocycles. The van der Waals surface area contributed by atoms with Gasteiger partial charge in [-0.25, -0.2) is 13.4 Å². The molecule has 1 fully saturated rings. The van der Waals surface area contributed by atoms with Gasteiger partial charge in [-0.3, -0.25) is 0 Å². The van der Waals surface area contributed by atoms with Crippen LogP contribution in [-0.2, 0) is 16.4 Å². The van der Waals surface area contributed by atoms with E-state index in [1.54, 1.807) is 6.92 Å². The van der Waals surface area contributed by atoms with Crippen LogP contribution in [0.15, 0.2) is 4.42 Å². The van der Waals surface area contributed by atoms with Gasteiger partial charge in [-0.1, -0.05) is 0 Å². The van der Waals surface area contributed by atoms with Crippen molar-refractivity contribution in [3.05, 3.63) is 17.3 Å². The molecule has 1 N–H and O–H groups in total. The number of oxazole rings is 1. The second-order valence-electron chi connectivity index (χ2n) is 3.70. The molecule has 0 spiro atoms. The Labute approximate surface area is 88.0 Å². The summed E-state index contributed by atoms with van der Waals surface area (Å²) in [4.78, 5) is 4.01. The van der Waals surface area contributed by atoms with Crippen molar-refractivity contribution in [3.63, 3.8) is 0 Å². The van der Waals surface area contributed by atoms with E-state index in [9.17, 15) is 8.42 Å². The van der Waals surface area contributed by atoms with Crippen molar-refractivity contribution in [1.82, 2.24) is 4.98 Å². The molecule has 1 aliphatic heterocycles. The zero-order chi connectivity index (χ0) is 11.1. The fourth-order valence-corrected chi connectivity index (χ4v) is 3.87. The average molecular weight is 231 g/mol. The highest BCUT2D eigenvalue weighted by Crippen LogP contribution is 2.35. The molecule has 15 heavy (non-hydrogen) atoms. The van der Waals surface area contributed by atoms with Crippen LogP contribution in [0.2, 0.25) is 0 Å². The van der Waals surface area contributed by atoms with Crippen molar-refractivity contribution in [1.29, 1.82) is 0 Å². The predicted molar refractivity (Wildman–Crippen MR) is 52.9 cm³/mol. The van der Waals surface area contributed by atoms with Gasteiger partial charge in [0.2, 0.25) is 5.89 Å². The average Bonchev–Trinajstić information content (AvgIpc) is 2.68. The lowest BCUT2D eigenvalue weighted by Gasteiger charge is -2.05. The van der Waals surface area contributed by atoms with Crippen LogP contribution in [0.25, 0.3) is 0 Å². The van der Waals surface area contributed by atoms with Gasteiger partial charge in [0.25, 0.3) is 0 Å². The first kappa shape index (κ1) is 10.6. The number of aryl methyl sites for hydroxylation is 1. The Balaban J connectivity index is 2.41. The zero-order valence-corrected chi connectivity index (χ0v) is 9.25. The molecule has 1 aromatic rings. The van der Waals surface area contributed by atoms with E-state index in [0.717, 1.165) is 0 Å². The van der Waals surface area contributed by atoms with Crippen LogP contribution in [0.3, 0.4) is 0 Å². The normalized spacial score (nSPS) is 24.5. The largest absolute Gasteiger partial charge is 0.443 e. The summed E-state index contributed by atoms with van der Waals surface area (Å²) in [5.74, 6) is 0.900. The monoisotopic (exact) mass is 231 g/mol. The third kappa shape index (κ3) is 1.79. The van der Waals surface area contributed by atoms with E-state index < -0.39 is 15.1 Å². The molecule has 0 radical (unpaired) electrons. The maximum atomic E-state index is 11.7. The Bertz CT molecular complexity index is 462. The summed E-state index contributed by atoms with van der Waals surface area (Å²) in [5, 5.41) is 8.30. The lowest BCUT2D eigenvalue weighted by molar-refractivity contribution is 0.238. The summed E-state index contributed by atoms with van der Waals surface area (Å²) in [6.07, 6.45) is 1.27. The Morgan fingerprint density at radius 1 is 1.60 bits per heavy atom. The van der Waals surface area contributed by atoms with Crippen molar-refractivity contribution in [2.75, 3.05) is 5.75 Å². The molecule has 1 aliphatic rings. The van der Waals surface area contributed by atoms with Crippen LogP contribution in [0.1, 0.15) is 35.4 Å². The number of sulfone groups is 1. The van der Waals surface area contributed by atoms with Crippen LogP contribution in [0, 0.1) is 6.92 Å². The first-order valence-electron chi connectivity index (χ1n) is 4.83. The van der Waals surface area contributed by atoms with E-state index in [2.05, 4.69) is 4.98 Å². The van der Waals surface area contributed by atoms with Crippen molar-refractivity contribution in [3.8, 4) is 0 Å². The van der Waals surface area contributed by atoms with Gasteiger partial charge >= 0.3 is 0 Å². The van der Waals surface area contributed by atoms with E-state index in [1.165, 1.54) is 0 Å². The maximum absolute atomic E-state index is 11.7. The number of rotatable bonds is 2. The van der Waals surface area contributed by atoms with Gasteiger partial charge in [0.1, 0.15) is 23.3 Å². The smallest absolute Gasteiger partial charge is 0.220 e. The summed E-state index contributed by atoms with van der Waals surface area (Å²) < 4.78 is 28.5. The Hall–Kier alpha value is -0.880. The third-order valence-corrected chi connectivity index (χ3v) is 4.83. The van der Waals surface area contributed by atoms with E-state index in [0.29, 0.717) is 24.3 Å². The van der Waals surface area contributed by atoms with Crippen LogP contribution in [0.5, 0.6) is 0 Å². The molecule has 0 saturated carbocycles. The molecule has 2 rings (SSSR count). The number of hydrogen-bond acceptors (Lipinski definition) is 5. The van der Waals surface area contributed by atoms with Gasteiger partial charge in [-0.05, 0) is 19.8 Å². The summed E-state index contributed by atoms with van der Waals surface area (Å²) in [5.41, 5.74) is 0.469. The highest BCUT2D eigenvalue weighted by molar-refractivity contribution is 7.91. The van der Waals surface area contributed by atoms with Gasteiger partial charge < -0.3 is 9.52 Å². The summed E-state index contributed by atoms with van der Waals surface area (Å²) >= 11 is 0. The Kier molecular flexibility index (Phi) is 2.56. The minimum Gasteiger partial charge on any atom is -0.443 e. The summed E-state index contributed by atoms with van der Waals surface area (Å²) in [7, 11) is -3.06. The minimum absolute atomic E-state index is 0.185. The lowest BCUT2D eigenvalue weighted by Crippen LogP contribution is -2.09. The van der Waals surface area contributed by atoms with E-state index in [1.807, 2.05) is 0 Å². The van der Waals surface area contributed by atoms with Crippen LogP contribution in [0.4, 0.5) is 0 Å². The van der Waals surface area contributed by atoms with Gasteiger partial charge in [-0.15, -0.1) is 0 Å². The first-order valence-corrected chi connectivity index (χ1v) is 6.55. The fraction of sp³-hybridized carbons (Fsp3) is 0.667. The van der Waals surface area contributed by atoms with E-state index >= 15 is 0 Å². The maximum Gasteiger partial charge on any atom is 0.220 e. The first-order chi connectivity index (χ1) is 7.04. The summed E-state index contributed by atoms with van der Waals surface area (Å²) in [6.45, 7) is 1.38. The molecule has 2 heterocycles. The molecule has 5 nitrogen and oxygen atoms in total. The quantitative estimate of drug-likeness (QED) is 0.811. The molecule has 0 aromatic carbocycles. The molecule has 6 heteroatoms. The van der Waals surface area contributed by atoms with Crippen LogP contribution in [-0.4, -0.2) is 24.3 Å². The predicted octanol–water partition coefficient (Wildman–Crippen LogP) is 0.725. The molecular weight excluding hydrogens is 218 g/mol. The van der Waals surface area contributed by atoms with Crippen LogP contribution >= 0.6 is 0 Å². The van der Waals surface area contributed by atoms with Gasteiger partial charge in [-0.2, -0.15) is 0 Å². The lowest BCUT2D eigenvalue weighted by atomic mass is 10.2. The second kappa shape index (κ2) is 3.61. The summed E-state index contributed by atoms with van der Waals surface area (Å²) in [6, 6.07) is 0. The Morgan fingerprint density at radius 2 is 2.33 bits per heavy atom. The molecule has 1 unspecified atom stereocenters. The van der Waals surface area contributed by atoms with E-state index in [4.69, 9.17) is 9.52 Å². The molecule has 0 bridgehead atoms. The van der Waals surface area contributed by atoms with Gasteiger partial charge in [0, 0.05) is 0 Å². The van der Waals surface area contributed by atoms with Crippen molar-refractivity contribution in [2.24, 2.45) is 0 Å². The second-order valence-corrected chi connectivity index (χ2v) is 6.01. The third-order valence-electron chi connectivity index (χ3n) is 2.65. The molecule has 1 atom stereocenters. The highest BCUT2D eigenvalue weighted by Gasteiger charge is 2.36. The molecule has 0 amide bonds. The molecule has 1 aromatic heterocycles. The number of aliphatic hydroxyl groups excluding tert-OH is 1. The molecule has 84 valence electrons. The molecule has 0 aliphatic carbocycles. The standard InChI is InChI=1S/C9H13NO4S/c1-6-9(10-8(5-11)14-6)7-3-2-4-15(7,12)13/h7,11H,2-5H2,1H3.